The van der Waals surface area contributed by atoms with Crippen LogP contribution in [0.2, 0.25) is 0 Å². The summed E-state index contributed by atoms with van der Waals surface area (Å²) < 4.78 is 27.4. The molecule has 0 atom stereocenters. The first kappa shape index (κ1) is 13.8. The van der Waals surface area contributed by atoms with E-state index in [4.69, 9.17) is 15.4 Å². The fraction of sp³-hybridized carbons (Fsp3) is 0.500. The predicted molar refractivity (Wildman–Crippen MR) is 68.5 cm³/mol. The second-order valence-corrected chi connectivity index (χ2v) is 7.79. The number of rotatable bonds is 3. The molecule has 5 nitrogen and oxygen atoms in total. The van der Waals surface area contributed by atoms with Crippen LogP contribution in [0, 0.1) is 0 Å². The average molecular weight is 310 g/mol. The number of hydrogen-bond donors (Lipinski definition) is 0. The van der Waals surface area contributed by atoms with E-state index in [9.17, 15) is 13.2 Å². The van der Waals surface area contributed by atoms with Gasteiger partial charge in [0.05, 0.1) is 19.6 Å². The maximum Gasteiger partial charge on any atom is 0.270 e. The summed E-state index contributed by atoms with van der Waals surface area (Å²) in [4.78, 5) is 14.3. The fourth-order valence-electron chi connectivity index (χ4n) is 1.66. The Morgan fingerprint density at radius 1 is 1.39 bits per heavy atom. The first-order valence-corrected chi connectivity index (χ1v) is 8.48. The zero-order valence-electron chi connectivity index (χ0n) is 9.46. The van der Waals surface area contributed by atoms with Crippen molar-refractivity contribution in [3.05, 3.63) is 17.0 Å². The fourth-order valence-corrected chi connectivity index (χ4v) is 3.77. The third kappa shape index (κ3) is 3.44. The van der Waals surface area contributed by atoms with Gasteiger partial charge < -0.3 is 9.64 Å². The molecule has 18 heavy (non-hydrogen) atoms. The van der Waals surface area contributed by atoms with Gasteiger partial charge in [0.15, 0.2) is 0 Å². The number of halogens is 1. The molecule has 0 aromatic carbocycles. The standard InChI is InChI=1S/C10H12ClNO4S2/c11-18(14,15)10-2-1-8(17-10)7-9(13)12-3-5-16-6-4-12/h1-2H,3-7H2. The lowest BCUT2D eigenvalue weighted by Crippen LogP contribution is -2.41. The highest BCUT2D eigenvalue weighted by atomic mass is 35.7. The van der Waals surface area contributed by atoms with Gasteiger partial charge >= 0.3 is 0 Å². The highest BCUT2D eigenvalue weighted by molar-refractivity contribution is 8.15. The summed E-state index contributed by atoms with van der Waals surface area (Å²) in [5.41, 5.74) is 0. The molecular weight excluding hydrogens is 298 g/mol. The molecule has 1 amide bonds. The maximum atomic E-state index is 11.9. The molecule has 0 spiro atoms. The lowest BCUT2D eigenvalue weighted by Gasteiger charge is -2.26. The number of hydrogen-bond acceptors (Lipinski definition) is 5. The summed E-state index contributed by atoms with van der Waals surface area (Å²) in [7, 11) is 1.53. The van der Waals surface area contributed by atoms with Crippen LogP contribution < -0.4 is 0 Å². The van der Waals surface area contributed by atoms with Gasteiger partial charge in [-0.05, 0) is 12.1 Å². The number of amides is 1. The molecule has 0 unspecified atom stereocenters. The number of nitrogens with zero attached hydrogens (tertiary/aromatic N) is 1. The van der Waals surface area contributed by atoms with Crippen molar-refractivity contribution >= 4 is 37.0 Å². The Kier molecular flexibility index (Phi) is 4.26. The summed E-state index contributed by atoms with van der Waals surface area (Å²) >= 11 is 1.03. The number of carbonyl (C=O) groups excluding carboxylic acids is 1. The van der Waals surface area contributed by atoms with Gasteiger partial charge in [-0.25, -0.2) is 8.42 Å². The van der Waals surface area contributed by atoms with E-state index >= 15 is 0 Å². The van der Waals surface area contributed by atoms with E-state index in [0.717, 1.165) is 11.3 Å². The Morgan fingerprint density at radius 3 is 2.61 bits per heavy atom. The Hall–Kier alpha value is -0.630. The van der Waals surface area contributed by atoms with Crippen molar-refractivity contribution in [1.82, 2.24) is 4.90 Å². The van der Waals surface area contributed by atoms with Crippen LogP contribution in [0.5, 0.6) is 0 Å². The lowest BCUT2D eigenvalue weighted by molar-refractivity contribution is -0.134. The predicted octanol–water partition coefficient (Wildman–Crippen LogP) is 1.08. The Bertz CT molecular complexity index is 534. The second-order valence-electron chi connectivity index (χ2n) is 3.83. The smallest absolute Gasteiger partial charge is 0.270 e. The highest BCUT2D eigenvalue weighted by Gasteiger charge is 2.19. The maximum absolute atomic E-state index is 11.9. The van der Waals surface area contributed by atoms with Crippen molar-refractivity contribution in [3.8, 4) is 0 Å². The van der Waals surface area contributed by atoms with Crippen molar-refractivity contribution in [2.45, 2.75) is 10.6 Å². The Labute approximate surface area is 114 Å². The normalized spacial score (nSPS) is 16.8. The van der Waals surface area contributed by atoms with Crippen molar-refractivity contribution in [1.29, 1.82) is 0 Å². The molecule has 1 aliphatic heterocycles. The van der Waals surface area contributed by atoms with Crippen LogP contribution in [0.1, 0.15) is 4.88 Å². The van der Waals surface area contributed by atoms with Crippen LogP contribution >= 0.6 is 22.0 Å². The molecule has 2 rings (SSSR count). The molecule has 0 saturated carbocycles. The van der Waals surface area contributed by atoms with Crippen LogP contribution in [0.15, 0.2) is 16.3 Å². The molecule has 0 N–H and O–H groups in total. The topological polar surface area (TPSA) is 63.7 Å². The van der Waals surface area contributed by atoms with E-state index in [0.29, 0.717) is 31.2 Å². The summed E-state index contributed by atoms with van der Waals surface area (Å²) in [5, 5.41) is 0. The SMILES string of the molecule is O=C(Cc1ccc(S(=O)(=O)Cl)s1)N1CCOCC1. The molecule has 1 fully saturated rings. The minimum absolute atomic E-state index is 0.0151. The van der Waals surface area contributed by atoms with Gasteiger partial charge in [-0.2, -0.15) is 0 Å². The third-order valence-electron chi connectivity index (χ3n) is 2.57. The molecule has 1 aromatic heterocycles. The van der Waals surface area contributed by atoms with Gasteiger partial charge in [0.1, 0.15) is 4.21 Å². The lowest BCUT2D eigenvalue weighted by atomic mass is 10.3. The number of carbonyl (C=O) groups is 1. The molecule has 0 radical (unpaired) electrons. The average Bonchev–Trinajstić information content (AvgIpc) is 2.78. The minimum Gasteiger partial charge on any atom is -0.378 e. The molecule has 1 aromatic rings. The molecule has 8 heteroatoms. The monoisotopic (exact) mass is 309 g/mol. The molecule has 0 aliphatic carbocycles. The molecule has 0 bridgehead atoms. The van der Waals surface area contributed by atoms with Gasteiger partial charge in [-0.1, -0.05) is 0 Å². The summed E-state index contributed by atoms with van der Waals surface area (Å²) in [6.45, 7) is 2.28. The van der Waals surface area contributed by atoms with Gasteiger partial charge in [-0.15, -0.1) is 11.3 Å². The van der Waals surface area contributed by atoms with Crippen LogP contribution in [-0.2, 0) is 25.0 Å². The summed E-state index contributed by atoms with van der Waals surface area (Å²) in [5.74, 6) is -0.0151. The molecule has 1 aliphatic rings. The van der Waals surface area contributed by atoms with E-state index < -0.39 is 9.05 Å². The largest absolute Gasteiger partial charge is 0.378 e. The zero-order valence-corrected chi connectivity index (χ0v) is 11.9. The van der Waals surface area contributed by atoms with Crippen molar-refractivity contribution in [2.24, 2.45) is 0 Å². The van der Waals surface area contributed by atoms with Crippen LogP contribution in [0.25, 0.3) is 0 Å². The van der Waals surface area contributed by atoms with E-state index in [1.807, 2.05) is 0 Å². The number of thiophene rings is 1. The van der Waals surface area contributed by atoms with Crippen LogP contribution in [-0.4, -0.2) is 45.5 Å². The molecule has 100 valence electrons. The van der Waals surface area contributed by atoms with Crippen molar-refractivity contribution in [3.63, 3.8) is 0 Å². The van der Waals surface area contributed by atoms with Gasteiger partial charge in [0.2, 0.25) is 5.91 Å². The Morgan fingerprint density at radius 2 is 2.06 bits per heavy atom. The third-order valence-corrected chi connectivity index (χ3v) is 5.74. The molecular formula is C10H12ClNO4S2. The zero-order chi connectivity index (χ0) is 13.2. The molecule has 1 saturated heterocycles. The Balaban J connectivity index is 2.01. The molecule has 2 heterocycles. The van der Waals surface area contributed by atoms with E-state index in [1.54, 1.807) is 11.0 Å². The first-order valence-electron chi connectivity index (χ1n) is 5.36. The van der Waals surface area contributed by atoms with E-state index in [-0.39, 0.29) is 16.5 Å². The van der Waals surface area contributed by atoms with E-state index in [1.165, 1.54) is 6.07 Å². The summed E-state index contributed by atoms with van der Waals surface area (Å²) in [6, 6.07) is 3.05. The van der Waals surface area contributed by atoms with Gasteiger partial charge in [-0.3, -0.25) is 4.79 Å². The van der Waals surface area contributed by atoms with Gasteiger partial charge in [0.25, 0.3) is 9.05 Å². The van der Waals surface area contributed by atoms with E-state index in [2.05, 4.69) is 0 Å². The van der Waals surface area contributed by atoms with Crippen molar-refractivity contribution in [2.75, 3.05) is 26.3 Å². The quantitative estimate of drug-likeness (QED) is 0.784. The number of ether oxygens (including phenoxy) is 1. The second kappa shape index (κ2) is 5.56. The van der Waals surface area contributed by atoms with Gasteiger partial charge in [0, 0.05) is 28.6 Å². The van der Waals surface area contributed by atoms with Crippen molar-refractivity contribution < 1.29 is 17.9 Å². The highest BCUT2D eigenvalue weighted by Crippen LogP contribution is 2.25. The number of morpholine rings is 1. The summed E-state index contributed by atoms with van der Waals surface area (Å²) in [6.07, 6.45) is 0.205. The van der Waals surface area contributed by atoms with Crippen LogP contribution in [0.3, 0.4) is 0 Å². The first-order chi connectivity index (χ1) is 8.47. The van der Waals surface area contributed by atoms with Crippen LogP contribution in [0.4, 0.5) is 0 Å². The minimum atomic E-state index is -3.70.